The molecule has 3 rings (SSSR count). The molecule has 0 fully saturated rings. The third kappa shape index (κ3) is 5.20. The minimum absolute atomic E-state index is 0.0968. The van der Waals surface area contributed by atoms with Crippen molar-refractivity contribution in [2.75, 3.05) is 10.8 Å². The third-order valence-electron chi connectivity index (χ3n) is 4.59. The Morgan fingerprint density at radius 2 is 1.63 bits per heavy atom. The number of benzene rings is 3. The molecular weight excluding hydrogens is 420 g/mol. The molecule has 1 amide bonds. The molecule has 5 nitrogen and oxygen atoms in total. The number of hydrogen-bond donors (Lipinski definition) is 1. The van der Waals surface area contributed by atoms with Crippen LogP contribution in [-0.2, 0) is 21.4 Å². The fraction of sp³-hybridized carbons (Fsp3) is 0.174. The molecule has 3 aromatic carbocycles. The van der Waals surface area contributed by atoms with E-state index in [0.29, 0.717) is 6.54 Å². The lowest BCUT2D eigenvalue weighted by Crippen LogP contribution is -2.40. The summed E-state index contributed by atoms with van der Waals surface area (Å²) in [6, 6.07) is 20.8. The summed E-state index contributed by atoms with van der Waals surface area (Å²) in [5, 5.41) is 3.04. The van der Waals surface area contributed by atoms with Crippen molar-refractivity contribution in [3.63, 3.8) is 0 Å². The van der Waals surface area contributed by atoms with E-state index in [-0.39, 0.29) is 22.2 Å². The number of halogens is 1. The van der Waals surface area contributed by atoms with Crippen LogP contribution in [-0.4, -0.2) is 20.9 Å². The van der Waals surface area contributed by atoms with Gasteiger partial charge in [-0.3, -0.25) is 9.10 Å². The lowest BCUT2D eigenvalue weighted by atomic mass is 10.1. The van der Waals surface area contributed by atoms with E-state index in [1.54, 1.807) is 36.4 Å². The van der Waals surface area contributed by atoms with Crippen LogP contribution in [0.2, 0.25) is 5.02 Å². The molecule has 0 spiro atoms. The van der Waals surface area contributed by atoms with Crippen LogP contribution in [0.5, 0.6) is 0 Å². The molecule has 0 atom stereocenters. The minimum atomic E-state index is -3.99. The Hall–Kier alpha value is -2.83. The van der Waals surface area contributed by atoms with E-state index in [4.69, 9.17) is 11.6 Å². The van der Waals surface area contributed by atoms with Gasteiger partial charge in [0.15, 0.2) is 0 Å². The summed E-state index contributed by atoms with van der Waals surface area (Å²) in [4.78, 5) is 12.8. The van der Waals surface area contributed by atoms with Crippen molar-refractivity contribution < 1.29 is 13.2 Å². The predicted octanol–water partition coefficient (Wildman–Crippen LogP) is 4.47. The average molecular weight is 443 g/mol. The van der Waals surface area contributed by atoms with Gasteiger partial charge in [0, 0.05) is 6.54 Å². The maximum absolute atomic E-state index is 13.3. The molecule has 0 aliphatic heterocycles. The van der Waals surface area contributed by atoms with Gasteiger partial charge in [-0.25, -0.2) is 8.42 Å². The molecule has 0 bridgehead atoms. The van der Waals surface area contributed by atoms with Crippen LogP contribution in [0.4, 0.5) is 5.69 Å². The molecule has 0 radical (unpaired) electrons. The summed E-state index contributed by atoms with van der Waals surface area (Å²) >= 11 is 6.27. The van der Waals surface area contributed by atoms with Gasteiger partial charge in [-0.15, -0.1) is 0 Å². The van der Waals surface area contributed by atoms with Crippen molar-refractivity contribution >= 4 is 33.2 Å². The molecule has 0 saturated carbocycles. The fourth-order valence-electron chi connectivity index (χ4n) is 3.00. The Kier molecular flexibility index (Phi) is 6.80. The van der Waals surface area contributed by atoms with Gasteiger partial charge in [0.1, 0.15) is 6.54 Å². The molecule has 7 heteroatoms. The first kappa shape index (κ1) is 21.9. The highest BCUT2D eigenvalue weighted by atomic mass is 35.5. The first-order valence-corrected chi connectivity index (χ1v) is 11.3. The van der Waals surface area contributed by atoms with Crippen molar-refractivity contribution in [1.29, 1.82) is 0 Å². The Labute approximate surface area is 182 Å². The number of carbonyl (C=O) groups excluding carboxylic acids is 1. The zero-order valence-electron chi connectivity index (χ0n) is 16.8. The lowest BCUT2D eigenvalue weighted by Gasteiger charge is -2.25. The molecule has 30 heavy (non-hydrogen) atoms. The van der Waals surface area contributed by atoms with Crippen molar-refractivity contribution in [2.45, 2.75) is 25.3 Å². The monoisotopic (exact) mass is 442 g/mol. The summed E-state index contributed by atoms with van der Waals surface area (Å²) in [5.74, 6) is -0.424. The van der Waals surface area contributed by atoms with Crippen LogP contribution in [0.1, 0.15) is 16.7 Å². The van der Waals surface area contributed by atoms with E-state index in [1.807, 2.05) is 38.1 Å². The molecule has 0 aromatic heterocycles. The van der Waals surface area contributed by atoms with Crippen LogP contribution >= 0.6 is 11.6 Å². The number of rotatable bonds is 7. The SMILES string of the molecule is Cc1ccc(S(=O)(=O)N(CC(=O)NCc2cccc(C)c2)c2ccccc2Cl)cc1. The van der Waals surface area contributed by atoms with E-state index >= 15 is 0 Å². The standard InChI is InChI=1S/C23H23ClN2O3S/c1-17-10-12-20(13-11-17)30(28,29)26(22-9-4-3-8-21(22)24)16-23(27)25-15-19-7-5-6-18(2)14-19/h3-14H,15-16H2,1-2H3,(H,25,27). The maximum atomic E-state index is 13.3. The van der Waals surface area contributed by atoms with Gasteiger partial charge >= 0.3 is 0 Å². The number of hydrogen-bond acceptors (Lipinski definition) is 3. The molecule has 0 aliphatic rings. The van der Waals surface area contributed by atoms with Gasteiger partial charge in [-0.1, -0.05) is 71.3 Å². The molecule has 156 valence electrons. The molecule has 0 heterocycles. The number of anilines is 1. The summed E-state index contributed by atoms with van der Waals surface area (Å²) < 4.78 is 27.7. The molecule has 0 saturated heterocycles. The zero-order chi connectivity index (χ0) is 21.7. The summed E-state index contributed by atoms with van der Waals surface area (Å²) in [7, 11) is -3.99. The van der Waals surface area contributed by atoms with Gasteiger partial charge < -0.3 is 5.32 Å². The van der Waals surface area contributed by atoms with E-state index in [0.717, 1.165) is 21.0 Å². The first-order valence-electron chi connectivity index (χ1n) is 9.43. The highest BCUT2D eigenvalue weighted by molar-refractivity contribution is 7.92. The van der Waals surface area contributed by atoms with Crippen molar-refractivity contribution in [1.82, 2.24) is 5.32 Å². The largest absolute Gasteiger partial charge is 0.350 e. The summed E-state index contributed by atoms with van der Waals surface area (Å²) in [5.41, 5.74) is 3.22. The second-order valence-electron chi connectivity index (χ2n) is 7.04. The highest BCUT2D eigenvalue weighted by Gasteiger charge is 2.28. The Morgan fingerprint density at radius 3 is 2.30 bits per heavy atom. The molecule has 0 unspecified atom stereocenters. The predicted molar refractivity (Wildman–Crippen MR) is 120 cm³/mol. The van der Waals surface area contributed by atoms with Crippen molar-refractivity contribution in [3.05, 3.63) is 94.5 Å². The molecule has 1 N–H and O–H groups in total. The molecule has 3 aromatic rings. The highest BCUT2D eigenvalue weighted by Crippen LogP contribution is 2.30. The number of aryl methyl sites for hydroxylation is 2. The van der Waals surface area contributed by atoms with Gasteiger partial charge in [-0.05, 0) is 43.7 Å². The average Bonchev–Trinajstić information content (AvgIpc) is 2.71. The van der Waals surface area contributed by atoms with Crippen LogP contribution in [0.25, 0.3) is 0 Å². The van der Waals surface area contributed by atoms with Crippen LogP contribution in [0.3, 0.4) is 0 Å². The van der Waals surface area contributed by atoms with Crippen molar-refractivity contribution in [2.24, 2.45) is 0 Å². The number of nitrogens with zero attached hydrogens (tertiary/aromatic N) is 1. The van der Waals surface area contributed by atoms with Gasteiger partial charge in [0.05, 0.1) is 15.6 Å². The summed E-state index contributed by atoms with van der Waals surface area (Å²) in [6.45, 7) is 3.77. The quantitative estimate of drug-likeness (QED) is 0.587. The Bertz CT molecular complexity index is 1150. The minimum Gasteiger partial charge on any atom is -0.350 e. The first-order chi connectivity index (χ1) is 14.3. The fourth-order valence-corrected chi connectivity index (χ4v) is 4.73. The zero-order valence-corrected chi connectivity index (χ0v) is 18.4. The third-order valence-corrected chi connectivity index (χ3v) is 6.68. The molecular formula is C23H23ClN2O3S. The number of sulfonamides is 1. The van der Waals surface area contributed by atoms with Crippen LogP contribution in [0.15, 0.2) is 77.7 Å². The topological polar surface area (TPSA) is 66.5 Å². The second-order valence-corrected chi connectivity index (χ2v) is 9.31. The van der Waals surface area contributed by atoms with E-state index in [1.165, 1.54) is 12.1 Å². The number of carbonyl (C=O) groups is 1. The number of amides is 1. The second kappa shape index (κ2) is 9.32. The smallest absolute Gasteiger partial charge is 0.264 e. The van der Waals surface area contributed by atoms with E-state index < -0.39 is 15.9 Å². The number of nitrogens with one attached hydrogen (secondary N) is 1. The molecule has 0 aliphatic carbocycles. The van der Waals surface area contributed by atoms with E-state index in [9.17, 15) is 13.2 Å². The van der Waals surface area contributed by atoms with E-state index in [2.05, 4.69) is 5.32 Å². The van der Waals surface area contributed by atoms with Crippen molar-refractivity contribution in [3.8, 4) is 0 Å². The maximum Gasteiger partial charge on any atom is 0.264 e. The Balaban J connectivity index is 1.87. The Morgan fingerprint density at radius 1 is 0.933 bits per heavy atom. The van der Waals surface area contributed by atoms with Crippen LogP contribution in [0, 0.1) is 13.8 Å². The summed E-state index contributed by atoms with van der Waals surface area (Å²) in [6.07, 6.45) is 0. The van der Waals surface area contributed by atoms with Crippen LogP contribution < -0.4 is 9.62 Å². The van der Waals surface area contributed by atoms with Gasteiger partial charge in [0.25, 0.3) is 10.0 Å². The number of para-hydroxylation sites is 1. The lowest BCUT2D eigenvalue weighted by molar-refractivity contribution is -0.119. The van der Waals surface area contributed by atoms with Gasteiger partial charge in [0.2, 0.25) is 5.91 Å². The van der Waals surface area contributed by atoms with Gasteiger partial charge in [-0.2, -0.15) is 0 Å². The normalized spacial score (nSPS) is 11.2.